The Labute approximate surface area is 178 Å². The van der Waals surface area contributed by atoms with Crippen molar-refractivity contribution in [3.05, 3.63) is 0 Å². The molecule has 164 valence electrons. The molecule has 0 spiro atoms. The first kappa shape index (κ1) is 21.3. The summed E-state index contributed by atoms with van der Waals surface area (Å²) in [6.07, 6.45) is 11.8. The predicted molar refractivity (Wildman–Crippen MR) is 111 cm³/mol. The Balaban J connectivity index is 1.30. The number of carbonyl (C=O) groups excluding carboxylic acids is 2. The molecule has 2 amide bonds. The van der Waals surface area contributed by atoms with Crippen LogP contribution in [0.25, 0.3) is 0 Å². The summed E-state index contributed by atoms with van der Waals surface area (Å²) in [5, 5.41) is -0.623. The molecule has 4 atom stereocenters. The molecule has 0 bridgehead atoms. The van der Waals surface area contributed by atoms with Crippen molar-refractivity contribution in [2.24, 2.45) is 5.92 Å². The average Bonchev–Trinajstić information content (AvgIpc) is 2.74. The highest BCUT2D eigenvalue weighted by atomic mass is 35.5. The fourth-order valence-corrected chi connectivity index (χ4v) is 5.70. The number of rotatable bonds is 5. The van der Waals surface area contributed by atoms with Crippen molar-refractivity contribution in [1.82, 2.24) is 20.7 Å². The van der Waals surface area contributed by atoms with Crippen LogP contribution in [0.1, 0.15) is 57.8 Å². The largest absolute Gasteiger partial charge is 0.375 e. The lowest BCUT2D eigenvalue weighted by atomic mass is 9.85. The second kappa shape index (κ2) is 9.94. The number of ether oxygens (including phenoxy) is 1. The van der Waals surface area contributed by atoms with E-state index in [2.05, 4.69) is 15.8 Å². The topological polar surface area (TPSA) is 73.9 Å². The van der Waals surface area contributed by atoms with Crippen LogP contribution >= 0.6 is 11.6 Å². The predicted octanol–water partition coefficient (Wildman–Crippen LogP) is 1.65. The van der Waals surface area contributed by atoms with Gasteiger partial charge in [-0.05, 0) is 25.7 Å². The smallest absolute Gasteiger partial charge is 0.253 e. The standard InChI is InChI=1S/C21H35ClN4O3/c22-20-17(12-23-24-21(20)28)25-10-11-26(19(27)14-25)13-15-6-4-5-9-18(15)29-16-7-2-1-3-8-16/h15-18,20,23H,1-14H2,(H,24,28). The zero-order valence-corrected chi connectivity index (χ0v) is 18.0. The van der Waals surface area contributed by atoms with Crippen molar-refractivity contribution in [3.63, 3.8) is 0 Å². The molecule has 7 nitrogen and oxygen atoms in total. The highest BCUT2D eigenvalue weighted by Gasteiger charge is 2.39. The Bertz CT molecular complexity index is 586. The zero-order valence-electron chi connectivity index (χ0n) is 17.3. The molecule has 0 radical (unpaired) electrons. The first-order valence-corrected chi connectivity index (χ1v) is 11.9. The van der Waals surface area contributed by atoms with E-state index in [0.29, 0.717) is 37.8 Å². The van der Waals surface area contributed by atoms with Crippen molar-refractivity contribution < 1.29 is 14.3 Å². The lowest BCUT2D eigenvalue weighted by Gasteiger charge is -2.43. The van der Waals surface area contributed by atoms with Crippen molar-refractivity contribution in [2.45, 2.75) is 81.4 Å². The molecule has 0 aromatic rings. The van der Waals surface area contributed by atoms with E-state index < -0.39 is 5.38 Å². The number of halogens is 1. The van der Waals surface area contributed by atoms with Gasteiger partial charge in [0.2, 0.25) is 5.91 Å². The van der Waals surface area contributed by atoms with Gasteiger partial charge in [-0.2, -0.15) is 0 Å². The van der Waals surface area contributed by atoms with Crippen molar-refractivity contribution in [3.8, 4) is 0 Å². The summed E-state index contributed by atoms with van der Waals surface area (Å²) in [7, 11) is 0. The van der Waals surface area contributed by atoms with E-state index in [9.17, 15) is 9.59 Å². The Hall–Kier alpha value is -0.890. The molecule has 29 heavy (non-hydrogen) atoms. The molecule has 2 aliphatic carbocycles. The van der Waals surface area contributed by atoms with E-state index in [0.717, 1.165) is 25.9 Å². The molecular formula is C21H35ClN4O3. The molecule has 0 aromatic carbocycles. The second-order valence-electron chi connectivity index (χ2n) is 9.13. The van der Waals surface area contributed by atoms with Crippen molar-refractivity contribution in [1.29, 1.82) is 0 Å². The third-order valence-corrected chi connectivity index (χ3v) is 7.63. The van der Waals surface area contributed by atoms with Gasteiger partial charge in [0.25, 0.3) is 5.91 Å². The van der Waals surface area contributed by atoms with Crippen LogP contribution in [0.3, 0.4) is 0 Å². The van der Waals surface area contributed by atoms with Gasteiger partial charge >= 0.3 is 0 Å². The summed E-state index contributed by atoms with van der Waals surface area (Å²) in [6, 6.07) is -0.145. The fraction of sp³-hybridized carbons (Fsp3) is 0.905. The minimum Gasteiger partial charge on any atom is -0.375 e. The van der Waals surface area contributed by atoms with Crippen molar-refractivity contribution >= 4 is 23.4 Å². The summed E-state index contributed by atoms with van der Waals surface area (Å²) in [6.45, 7) is 3.16. The van der Waals surface area contributed by atoms with Gasteiger partial charge in [0.15, 0.2) is 0 Å². The molecule has 4 unspecified atom stereocenters. The number of carbonyl (C=O) groups is 2. The molecule has 4 fully saturated rings. The third kappa shape index (κ3) is 5.24. The number of nitrogens with one attached hydrogen (secondary N) is 2. The molecule has 2 saturated carbocycles. The summed E-state index contributed by atoms with van der Waals surface area (Å²) in [4.78, 5) is 28.8. The van der Waals surface area contributed by atoms with E-state index in [1.54, 1.807) is 0 Å². The molecule has 8 heteroatoms. The SMILES string of the molecule is O=C1NNCC(N2CCN(CC3CCCCC3OC3CCCCC3)C(=O)C2)C1Cl. The van der Waals surface area contributed by atoms with Gasteiger partial charge in [-0.25, -0.2) is 5.43 Å². The first-order chi connectivity index (χ1) is 14.1. The molecule has 0 aromatic heterocycles. The number of hydrogen-bond acceptors (Lipinski definition) is 5. The molecule has 2 heterocycles. The number of nitrogens with zero attached hydrogens (tertiary/aromatic N) is 2. The van der Waals surface area contributed by atoms with Crippen LogP contribution < -0.4 is 10.9 Å². The van der Waals surface area contributed by atoms with E-state index >= 15 is 0 Å². The van der Waals surface area contributed by atoms with Gasteiger partial charge in [0.05, 0.1) is 18.8 Å². The van der Waals surface area contributed by atoms with Gasteiger partial charge in [-0.15, -0.1) is 11.6 Å². The van der Waals surface area contributed by atoms with Crippen LogP contribution in [-0.2, 0) is 14.3 Å². The summed E-state index contributed by atoms with van der Waals surface area (Å²) in [5.41, 5.74) is 5.44. The summed E-state index contributed by atoms with van der Waals surface area (Å²) in [5.74, 6) is 0.375. The van der Waals surface area contributed by atoms with Gasteiger partial charge in [0.1, 0.15) is 5.38 Å². The Morgan fingerprint density at radius 3 is 2.55 bits per heavy atom. The highest BCUT2D eigenvalue weighted by Crippen LogP contribution is 2.32. The maximum atomic E-state index is 12.9. The summed E-state index contributed by atoms with van der Waals surface area (Å²) >= 11 is 6.28. The van der Waals surface area contributed by atoms with E-state index in [-0.39, 0.29) is 17.9 Å². The number of hydrogen-bond donors (Lipinski definition) is 2. The number of hydrazine groups is 1. The van der Waals surface area contributed by atoms with Crippen LogP contribution in [0.4, 0.5) is 0 Å². The van der Waals surface area contributed by atoms with Crippen LogP contribution in [0.5, 0.6) is 0 Å². The molecule has 2 saturated heterocycles. The third-order valence-electron chi connectivity index (χ3n) is 7.14. The molecule has 2 aliphatic heterocycles. The normalized spacial score (nSPS) is 35.6. The average molecular weight is 427 g/mol. The quantitative estimate of drug-likeness (QED) is 0.654. The lowest BCUT2D eigenvalue weighted by Crippen LogP contribution is -2.65. The van der Waals surface area contributed by atoms with E-state index in [1.807, 2.05) is 4.90 Å². The van der Waals surface area contributed by atoms with E-state index in [1.165, 1.54) is 44.9 Å². The molecule has 4 rings (SSSR count). The minimum atomic E-state index is -0.623. The monoisotopic (exact) mass is 426 g/mol. The maximum absolute atomic E-state index is 12.9. The number of amides is 2. The molecule has 2 N–H and O–H groups in total. The van der Waals surface area contributed by atoms with E-state index in [4.69, 9.17) is 16.3 Å². The van der Waals surface area contributed by atoms with Crippen molar-refractivity contribution in [2.75, 3.05) is 32.7 Å². The Morgan fingerprint density at radius 1 is 1.00 bits per heavy atom. The first-order valence-electron chi connectivity index (χ1n) is 11.5. The zero-order chi connectivity index (χ0) is 20.2. The number of piperazine rings is 1. The Kier molecular flexibility index (Phi) is 7.32. The summed E-state index contributed by atoms with van der Waals surface area (Å²) < 4.78 is 6.55. The van der Waals surface area contributed by atoms with Gasteiger partial charge in [-0.3, -0.25) is 19.9 Å². The van der Waals surface area contributed by atoms with Crippen LogP contribution in [0, 0.1) is 5.92 Å². The maximum Gasteiger partial charge on any atom is 0.253 e. The second-order valence-corrected chi connectivity index (χ2v) is 9.60. The van der Waals surface area contributed by atoms with Gasteiger partial charge in [-0.1, -0.05) is 32.1 Å². The molecular weight excluding hydrogens is 392 g/mol. The molecule has 4 aliphatic rings. The Morgan fingerprint density at radius 2 is 1.76 bits per heavy atom. The van der Waals surface area contributed by atoms with Gasteiger partial charge < -0.3 is 9.64 Å². The van der Waals surface area contributed by atoms with Gasteiger partial charge in [0, 0.05) is 38.1 Å². The van der Waals surface area contributed by atoms with Crippen LogP contribution in [-0.4, -0.2) is 78.0 Å². The number of alkyl halides is 1. The fourth-order valence-electron chi connectivity index (χ4n) is 5.40. The van der Waals surface area contributed by atoms with Crippen LogP contribution in [0.2, 0.25) is 0 Å². The van der Waals surface area contributed by atoms with Crippen LogP contribution in [0.15, 0.2) is 0 Å². The lowest BCUT2D eigenvalue weighted by molar-refractivity contribution is -0.141. The highest BCUT2D eigenvalue weighted by molar-refractivity contribution is 6.31. The minimum absolute atomic E-state index is 0.145.